The number of carbonyl (C=O) groups excluding carboxylic acids is 1. The predicted octanol–water partition coefficient (Wildman–Crippen LogP) is 3.17. The highest BCUT2D eigenvalue weighted by Crippen LogP contribution is 2.24. The van der Waals surface area contributed by atoms with Gasteiger partial charge in [-0.25, -0.2) is 0 Å². The Kier molecular flexibility index (Phi) is 2.50. The molecule has 0 saturated carbocycles. The van der Waals surface area contributed by atoms with Gasteiger partial charge in [-0.3, -0.25) is 9.78 Å². The van der Waals surface area contributed by atoms with Crippen LogP contribution < -0.4 is 0 Å². The van der Waals surface area contributed by atoms with Crippen molar-refractivity contribution in [1.82, 2.24) is 4.98 Å². The van der Waals surface area contributed by atoms with Gasteiger partial charge in [-0.1, -0.05) is 26.0 Å². The molecule has 0 atom stereocenters. The molecule has 0 saturated heterocycles. The van der Waals surface area contributed by atoms with E-state index in [2.05, 4.69) is 18.8 Å². The van der Waals surface area contributed by atoms with Gasteiger partial charge < -0.3 is 0 Å². The zero-order valence-electron chi connectivity index (χ0n) is 8.90. The number of fused-ring (bicyclic) bond motifs is 1. The lowest BCUT2D eigenvalue weighted by Crippen LogP contribution is -1.91. The highest BCUT2D eigenvalue weighted by atomic mass is 16.1. The van der Waals surface area contributed by atoms with Gasteiger partial charge in [-0.05, 0) is 22.9 Å². The van der Waals surface area contributed by atoms with Crippen molar-refractivity contribution in [3.05, 3.63) is 41.7 Å². The lowest BCUT2D eigenvalue weighted by Gasteiger charge is -2.08. The van der Waals surface area contributed by atoms with Crippen LogP contribution in [0.4, 0.5) is 0 Å². The van der Waals surface area contributed by atoms with Crippen LogP contribution >= 0.6 is 0 Å². The number of aldehydes is 1. The Morgan fingerprint density at radius 2 is 2.07 bits per heavy atom. The third kappa shape index (κ3) is 1.75. The van der Waals surface area contributed by atoms with Crippen LogP contribution in [0.15, 0.2) is 30.6 Å². The molecule has 0 N–H and O–H groups in total. The van der Waals surface area contributed by atoms with Gasteiger partial charge in [0.2, 0.25) is 0 Å². The smallest absolute Gasteiger partial charge is 0.150 e. The fourth-order valence-electron chi connectivity index (χ4n) is 1.75. The molecule has 0 fully saturated rings. The summed E-state index contributed by atoms with van der Waals surface area (Å²) in [7, 11) is 0. The molecular weight excluding hydrogens is 186 g/mol. The molecule has 0 spiro atoms. The Labute approximate surface area is 89.0 Å². The van der Waals surface area contributed by atoms with Crippen molar-refractivity contribution in [2.24, 2.45) is 0 Å². The second-order valence-electron chi connectivity index (χ2n) is 3.98. The van der Waals surface area contributed by atoms with E-state index in [9.17, 15) is 4.79 Å². The van der Waals surface area contributed by atoms with Crippen LogP contribution in [0.1, 0.15) is 35.7 Å². The lowest BCUT2D eigenvalue weighted by molar-refractivity contribution is 0.112. The summed E-state index contributed by atoms with van der Waals surface area (Å²) in [5.74, 6) is 0.447. The zero-order valence-corrected chi connectivity index (χ0v) is 8.90. The Morgan fingerprint density at radius 3 is 2.73 bits per heavy atom. The minimum Gasteiger partial charge on any atom is -0.298 e. The fourth-order valence-corrected chi connectivity index (χ4v) is 1.75. The van der Waals surface area contributed by atoms with Gasteiger partial charge in [-0.2, -0.15) is 0 Å². The molecule has 76 valence electrons. The maximum Gasteiger partial charge on any atom is 0.150 e. The van der Waals surface area contributed by atoms with E-state index < -0.39 is 0 Å². The van der Waals surface area contributed by atoms with Crippen molar-refractivity contribution < 1.29 is 4.79 Å². The van der Waals surface area contributed by atoms with E-state index in [0.717, 1.165) is 11.7 Å². The lowest BCUT2D eigenvalue weighted by atomic mass is 9.98. The Hall–Kier alpha value is -1.70. The predicted molar refractivity (Wildman–Crippen MR) is 61.2 cm³/mol. The molecule has 1 aromatic carbocycles. The number of nitrogens with zero attached hydrogens (tertiary/aromatic N) is 1. The number of hydrogen-bond donors (Lipinski definition) is 0. The Balaban J connectivity index is 2.72. The number of aromatic nitrogens is 1. The number of hydrogen-bond acceptors (Lipinski definition) is 2. The van der Waals surface area contributed by atoms with Gasteiger partial charge >= 0.3 is 0 Å². The Morgan fingerprint density at radius 1 is 1.27 bits per heavy atom. The van der Waals surface area contributed by atoms with Crippen LogP contribution in [0.3, 0.4) is 0 Å². The first kappa shape index (κ1) is 9.84. The third-order valence-electron chi connectivity index (χ3n) is 2.57. The van der Waals surface area contributed by atoms with Gasteiger partial charge in [0, 0.05) is 23.3 Å². The molecule has 2 heteroatoms. The average molecular weight is 199 g/mol. The normalized spacial score (nSPS) is 10.9. The minimum atomic E-state index is 0.447. The van der Waals surface area contributed by atoms with Crippen molar-refractivity contribution in [3.63, 3.8) is 0 Å². The number of carbonyl (C=O) groups is 1. The van der Waals surface area contributed by atoms with Crippen molar-refractivity contribution in [1.29, 1.82) is 0 Å². The van der Waals surface area contributed by atoms with Crippen molar-refractivity contribution in [2.75, 3.05) is 0 Å². The fraction of sp³-hybridized carbons (Fsp3) is 0.231. The number of benzene rings is 1. The first-order valence-corrected chi connectivity index (χ1v) is 5.05. The third-order valence-corrected chi connectivity index (χ3v) is 2.57. The maximum absolute atomic E-state index is 10.6. The summed E-state index contributed by atoms with van der Waals surface area (Å²) in [4.78, 5) is 14.8. The molecule has 0 aliphatic heterocycles. The van der Waals surface area contributed by atoms with Crippen LogP contribution in [-0.4, -0.2) is 11.3 Å². The van der Waals surface area contributed by atoms with E-state index in [1.165, 1.54) is 10.9 Å². The second-order valence-corrected chi connectivity index (χ2v) is 3.98. The van der Waals surface area contributed by atoms with E-state index in [1.54, 1.807) is 6.20 Å². The summed E-state index contributed by atoms with van der Waals surface area (Å²) >= 11 is 0. The largest absolute Gasteiger partial charge is 0.298 e. The van der Waals surface area contributed by atoms with Crippen molar-refractivity contribution in [3.8, 4) is 0 Å². The van der Waals surface area contributed by atoms with Crippen LogP contribution in [0, 0.1) is 0 Å². The molecule has 0 amide bonds. The first-order valence-electron chi connectivity index (χ1n) is 5.05. The summed E-state index contributed by atoms with van der Waals surface area (Å²) in [5.41, 5.74) is 1.93. The van der Waals surface area contributed by atoms with Crippen LogP contribution in [0.5, 0.6) is 0 Å². The maximum atomic E-state index is 10.6. The number of rotatable bonds is 2. The molecule has 1 aromatic heterocycles. The number of pyridine rings is 1. The topological polar surface area (TPSA) is 30.0 Å². The minimum absolute atomic E-state index is 0.447. The van der Waals surface area contributed by atoms with E-state index in [4.69, 9.17) is 0 Å². The van der Waals surface area contributed by atoms with Crippen molar-refractivity contribution >= 4 is 17.1 Å². The average Bonchev–Trinajstić information content (AvgIpc) is 2.27. The highest BCUT2D eigenvalue weighted by molar-refractivity contribution is 5.90. The molecule has 0 radical (unpaired) electrons. The SMILES string of the molecule is CC(C)c1cncc2cc(C=O)ccc12. The summed E-state index contributed by atoms with van der Waals surface area (Å²) in [6, 6.07) is 5.72. The molecule has 0 aliphatic rings. The van der Waals surface area contributed by atoms with E-state index in [-0.39, 0.29) is 0 Å². The van der Waals surface area contributed by atoms with Crippen molar-refractivity contribution in [2.45, 2.75) is 19.8 Å². The quantitative estimate of drug-likeness (QED) is 0.695. The monoisotopic (exact) mass is 199 g/mol. The summed E-state index contributed by atoms with van der Waals surface area (Å²) in [5, 5.41) is 2.22. The first-order chi connectivity index (χ1) is 7.22. The molecule has 1 heterocycles. The molecular formula is C13H13NO. The van der Waals surface area contributed by atoms with Gasteiger partial charge in [0.25, 0.3) is 0 Å². The van der Waals surface area contributed by atoms with Crippen LogP contribution in [0.2, 0.25) is 0 Å². The molecule has 2 nitrogen and oxygen atoms in total. The van der Waals surface area contributed by atoms with Gasteiger partial charge in [0.1, 0.15) is 6.29 Å². The summed E-state index contributed by atoms with van der Waals surface area (Å²) in [6.07, 6.45) is 4.56. The molecule has 0 unspecified atom stereocenters. The van der Waals surface area contributed by atoms with Crippen LogP contribution in [0.25, 0.3) is 10.8 Å². The van der Waals surface area contributed by atoms with E-state index in [0.29, 0.717) is 11.5 Å². The van der Waals surface area contributed by atoms with Gasteiger partial charge in [-0.15, -0.1) is 0 Å². The molecule has 2 aromatic rings. The summed E-state index contributed by atoms with van der Waals surface area (Å²) in [6.45, 7) is 4.29. The standard InChI is InChI=1S/C13H13NO/c1-9(2)13-7-14-6-11-5-10(8-15)3-4-12(11)13/h3-9H,1-2H3. The van der Waals surface area contributed by atoms with Crippen LogP contribution in [-0.2, 0) is 0 Å². The van der Waals surface area contributed by atoms with Gasteiger partial charge in [0.15, 0.2) is 0 Å². The molecule has 2 rings (SSSR count). The summed E-state index contributed by atoms with van der Waals surface area (Å²) < 4.78 is 0. The highest BCUT2D eigenvalue weighted by Gasteiger charge is 2.05. The Bertz CT molecular complexity index is 503. The van der Waals surface area contributed by atoms with E-state index >= 15 is 0 Å². The zero-order chi connectivity index (χ0) is 10.8. The molecule has 15 heavy (non-hydrogen) atoms. The second kappa shape index (κ2) is 3.81. The van der Waals surface area contributed by atoms with E-state index in [1.807, 2.05) is 24.4 Å². The molecule has 0 aliphatic carbocycles. The van der Waals surface area contributed by atoms with Gasteiger partial charge in [0.05, 0.1) is 0 Å². The molecule has 0 bridgehead atoms.